The van der Waals surface area contributed by atoms with Gasteiger partial charge in [0.05, 0.1) is 5.57 Å². The van der Waals surface area contributed by atoms with Crippen molar-refractivity contribution in [3.8, 4) is 0 Å². The third-order valence-corrected chi connectivity index (χ3v) is 4.49. The SMILES string of the molecule is CCCCN(CC)c1ccc(N/C=C2/C(=O)Nc3ccccc32)cc1. The van der Waals surface area contributed by atoms with E-state index >= 15 is 0 Å². The average Bonchev–Trinajstić information content (AvgIpc) is 2.96. The van der Waals surface area contributed by atoms with Crippen molar-refractivity contribution in [2.24, 2.45) is 0 Å². The van der Waals surface area contributed by atoms with Crippen LogP contribution in [0.4, 0.5) is 17.1 Å². The topological polar surface area (TPSA) is 44.4 Å². The van der Waals surface area contributed by atoms with E-state index in [1.807, 2.05) is 24.3 Å². The van der Waals surface area contributed by atoms with Gasteiger partial charge >= 0.3 is 0 Å². The van der Waals surface area contributed by atoms with Crippen molar-refractivity contribution in [1.29, 1.82) is 0 Å². The highest BCUT2D eigenvalue weighted by atomic mass is 16.2. The van der Waals surface area contributed by atoms with Gasteiger partial charge in [-0.1, -0.05) is 31.5 Å². The molecule has 1 amide bonds. The average molecular weight is 335 g/mol. The number of hydrogen-bond acceptors (Lipinski definition) is 3. The second-order valence-corrected chi connectivity index (χ2v) is 6.18. The molecule has 4 heteroatoms. The van der Waals surface area contributed by atoms with E-state index in [-0.39, 0.29) is 5.91 Å². The summed E-state index contributed by atoms with van der Waals surface area (Å²) in [5, 5.41) is 6.12. The number of para-hydroxylation sites is 1. The molecule has 1 aliphatic heterocycles. The Kier molecular flexibility index (Phi) is 5.39. The van der Waals surface area contributed by atoms with Gasteiger partial charge in [-0.25, -0.2) is 0 Å². The lowest BCUT2D eigenvalue weighted by molar-refractivity contribution is -0.110. The molecule has 2 N–H and O–H groups in total. The lowest BCUT2D eigenvalue weighted by atomic mass is 10.1. The van der Waals surface area contributed by atoms with Crippen molar-refractivity contribution in [2.75, 3.05) is 28.6 Å². The Labute approximate surface area is 149 Å². The Hall–Kier alpha value is -2.75. The van der Waals surface area contributed by atoms with E-state index < -0.39 is 0 Å². The molecule has 2 aromatic carbocycles. The molecule has 1 heterocycles. The zero-order valence-electron chi connectivity index (χ0n) is 14.9. The van der Waals surface area contributed by atoms with Crippen molar-refractivity contribution in [1.82, 2.24) is 0 Å². The molecule has 0 atom stereocenters. The number of fused-ring (bicyclic) bond motifs is 1. The molecule has 1 aliphatic rings. The fourth-order valence-corrected chi connectivity index (χ4v) is 3.02. The van der Waals surface area contributed by atoms with Crippen molar-refractivity contribution < 1.29 is 4.79 Å². The number of carbonyl (C=O) groups excluding carboxylic acids is 1. The van der Waals surface area contributed by atoms with Gasteiger partial charge in [0, 0.05) is 41.9 Å². The van der Waals surface area contributed by atoms with Crippen LogP contribution in [0.3, 0.4) is 0 Å². The van der Waals surface area contributed by atoms with Crippen molar-refractivity contribution in [3.05, 3.63) is 60.3 Å². The van der Waals surface area contributed by atoms with Crippen LogP contribution in [0.1, 0.15) is 32.3 Å². The van der Waals surface area contributed by atoms with E-state index in [0.29, 0.717) is 5.57 Å². The number of rotatable bonds is 7. The number of hydrogen-bond donors (Lipinski definition) is 2. The molecular formula is C21H25N3O. The van der Waals surface area contributed by atoms with Gasteiger partial charge in [0.2, 0.25) is 0 Å². The van der Waals surface area contributed by atoms with Crippen molar-refractivity contribution in [2.45, 2.75) is 26.7 Å². The molecule has 0 saturated carbocycles. The first-order valence-electron chi connectivity index (χ1n) is 8.95. The third-order valence-electron chi connectivity index (χ3n) is 4.49. The first-order chi connectivity index (χ1) is 12.2. The number of benzene rings is 2. The fraction of sp³-hybridized carbons (Fsp3) is 0.286. The maximum absolute atomic E-state index is 12.1. The van der Waals surface area contributed by atoms with Crippen molar-refractivity contribution >= 4 is 28.5 Å². The Bertz CT molecular complexity index is 765. The van der Waals surface area contributed by atoms with Crippen molar-refractivity contribution in [3.63, 3.8) is 0 Å². The van der Waals surface area contributed by atoms with E-state index in [2.05, 4.69) is 53.6 Å². The Morgan fingerprint density at radius 1 is 1.08 bits per heavy atom. The molecule has 2 aromatic rings. The second-order valence-electron chi connectivity index (χ2n) is 6.18. The number of anilines is 3. The summed E-state index contributed by atoms with van der Waals surface area (Å²) in [6, 6.07) is 16.1. The summed E-state index contributed by atoms with van der Waals surface area (Å²) in [6.45, 7) is 6.49. The van der Waals surface area contributed by atoms with E-state index in [9.17, 15) is 4.79 Å². The number of amides is 1. The Morgan fingerprint density at radius 3 is 2.56 bits per heavy atom. The first kappa shape index (κ1) is 17.1. The third kappa shape index (κ3) is 3.85. The van der Waals surface area contributed by atoms with Gasteiger partial charge in [0.1, 0.15) is 0 Å². The molecule has 0 unspecified atom stereocenters. The van der Waals surface area contributed by atoms with Crippen LogP contribution in [-0.4, -0.2) is 19.0 Å². The van der Waals surface area contributed by atoms with Crippen LogP contribution in [0.2, 0.25) is 0 Å². The van der Waals surface area contributed by atoms with Crippen LogP contribution in [0.5, 0.6) is 0 Å². The largest absolute Gasteiger partial charge is 0.372 e. The highest BCUT2D eigenvalue weighted by Gasteiger charge is 2.23. The molecule has 130 valence electrons. The number of carbonyl (C=O) groups is 1. The lowest BCUT2D eigenvalue weighted by Gasteiger charge is -2.23. The number of unbranched alkanes of at least 4 members (excludes halogenated alkanes) is 1. The zero-order valence-corrected chi connectivity index (χ0v) is 14.9. The van der Waals surface area contributed by atoms with Crippen LogP contribution >= 0.6 is 0 Å². The minimum Gasteiger partial charge on any atom is -0.372 e. The first-order valence-corrected chi connectivity index (χ1v) is 8.95. The standard InChI is InChI=1S/C21H25N3O/c1-3-5-14-24(4-2)17-12-10-16(11-13-17)22-15-19-18-8-6-7-9-20(18)23-21(19)25/h6-13,15,22H,3-5,14H2,1-2H3,(H,23,25)/b19-15+. The van der Waals surface area contributed by atoms with Crippen LogP contribution < -0.4 is 15.5 Å². The molecule has 0 bridgehead atoms. The van der Waals surface area contributed by atoms with Gasteiger partial charge in [-0.2, -0.15) is 0 Å². The Morgan fingerprint density at radius 2 is 1.84 bits per heavy atom. The second kappa shape index (κ2) is 7.88. The van der Waals surface area contributed by atoms with Crippen LogP contribution in [0.25, 0.3) is 5.57 Å². The molecule has 0 spiro atoms. The molecule has 0 aliphatic carbocycles. The highest BCUT2D eigenvalue weighted by molar-refractivity contribution is 6.31. The predicted octanol–water partition coefficient (Wildman–Crippen LogP) is 4.72. The summed E-state index contributed by atoms with van der Waals surface area (Å²) in [7, 11) is 0. The smallest absolute Gasteiger partial charge is 0.257 e. The van der Waals surface area contributed by atoms with Gasteiger partial charge in [0.25, 0.3) is 5.91 Å². The van der Waals surface area contributed by atoms with Crippen LogP contribution in [-0.2, 0) is 4.79 Å². The van der Waals surface area contributed by atoms with Gasteiger partial charge in [-0.15, -0.1) is 0 Å². The zero-order chi connectivity index (χ0) is 17.6. The van der Waals surface area contributed by atoms with Crippen LogP contribution in [0, 0.1) is 0 Å². The minimum atomic E-state index is -0.0676. The van der Waals surface area contributed by atoms with E-state index in [0.717, 1.165) is 30.0 Å². The van der Waals surface area contributed by atoms with Crippen LogP contribution in [0.15, 0.2) is 54.7 Å². The summed E-state index contributed by atoms with van der Waals surface area (Å²) >= 11 is 0. The minimum absolute atomic E-state index is 0.0676. The number of nitrogens with zero attached hydrogens (tertiary/aromatic N) is 1. The predicted molar refractivity (Wildman–Crippen MR) is 106 cm³/mol. The summed E-state index contributed by atoms with van der Waals surface area (Å²) in [6.07, 6.45) is 4.19. The molecule has 0 fully saturated rings. The van der Waals surface area contributed by atoms with Gasteiger partial charge in [-0.3, -0.25) is 4.79 Å². The van der Waals surface area contributed by atoms with Gasteiger partial charge in [0.15, 0.2) is 0 Å². The monoisotopic (exact) mass is 335 g/mol. The van der Waals surface area contributed by atoms with E-state index in [4.69, 9.17) is 0 Å². The lowest BCUT2D eigenvalue weighted by Crippen LogP contribution is -2.23. The van der Waals surface area contributed by atoms with E-state index in [1.54, 1.807) is 6.20 Å². The Balaban J connectivity index is 1.71. The highest BCUT2D eigenvalue weighted by Crippen LogP contribution is 2.31. The van der Waals surface area contributed by atoms with Gasteiger partial charge < -0.3 is 15.5 Å². The van der Waals surface area contributed by atoms with E-state index in [1.165, 1.54) is 18.5 Å². The maximum Gasteiger partial charge on any atom is 0.257 e. The molecule has 0 aromatic heterocycles. The molecule has 4 nitrogen and oxygen atoms in total. The van der Waals surface area contributed by atoms with Gasteiger partial charge in [-0.05, 0) is 43.7 Å². The quantitative estimate of drug-likeness (QED) is 0.720. The molecule has 0 saturated heterocycles. The summed E-state index contributed by atoms with van der Waals surface area (Å²) in [5.41, 5.74) is 4.68. The fourth-order valence-electron chi connectivity index (χ4n) is 3.02. The normalized spacial score (nSPS) is 14.3. The summed E-state index contributed by atoms with van der Waals surface area (Å²) < 4.78 is 0. The summed E-state index contributed by atoms with van der Waals surface area (Å²) in [5.74, 6) is -0.0676. The molecule has 25 heavy (non-hydrogen) atoms. The molecular weight excluding hydrogens is 310 g/mol. The summed E-state index contributed by atoms with van der Waals surface area (Å²) in [4.78, 5) is 14.5. The number of nitrogens with one attached hydrogen (secondary N) is 2. The molecule has 3 rings (SSSR count). The maximum atomic E-state index is 12.1. The molecule has 0 radical (unpaired) electrons.